The number of sulfonamides is 1. The molecule has 0 spiro atoms. The van der Waals surface area contributed by atoms with Crippen molar-refractivity contribution in [2.45, 2.75) is 64.8 Å². The molecule has 10 heteroatoms. The fraction of sp³-hybridized carbons (Fsp3) is 0.619. The van der Waals surface area contributed by atoms with Crippen LogP contribution in [0.25, 0.3) is 0 Å². The minimum Gasteiger partial charge on any atom is -0.339 e. The highest BCUT2D eigenvalue weighted by atomic mass is 32.2. The molecule has 0 N–H and O–H groups in total. The molecule has 1 fully saturated rings. The molecule has 0 radical (unpaired) electrons. The highest BCUT2D eigenvalue weighted by Gasteiger charge is 2.36. The Morgan fingerprint density at radius 2 is 1.90 bits per heavy atom. The molecule has 0 aromatic carbocycles. The van der Waals surface area contributed by atoms with Gasteiger partial charge in [0, 0.05) is 50.5 Å². The summed E-state index contributed by atoms with van der Waals surface area (Å²) >= 11 is 0. The van der Waals surface area contributed by atoms with Gasteiger partial charge in [-0.25, -0.2) is 18.4 Å². The smallest absolute Gasteiger partial charge is 0.257 e. The Hall–Kier alpha value is -2.33. The van der Waals surface area contributed by atoms with Gasteiger partial charge in [0.15, 0.2) is 0 Å². The summed E-state index contributed by atoms with van der Waals surface area (Å²) in [5.74, 6) is 0.398. The van der Waals surface area contributed by atoms with Crippen molar-refractivity contribution in [3.63, 3.8) is 0 Å². The van der Waals surface area contributed by atoms with E-state index >= 15 is 0 Å². The number of aromatic nitrogens is 4. The van der Waals surface area contributed by atoms with Crippen molar-refractivity contribution in [1.29, 1.82) is 0 Å². The van der Waals surface area contributed by atoms with Crippen LogP contribution in [0.15, 0.2) is 17.3 Å². The lowest BCUT2D eigenvalue weighted by Crippen LogP contribution is -2.31. The lowest BCUT2D eigenvalue weighted by Gasteiger charge is -2.20. The summed E-state index contributed by atoms with van der Waals surface area (Å²) in [5.41, 5.74) is 1.62. The minimum absolute atomic E-state index is 0.0812. The third-order valence-electron chi connectivity index (χ3n) is 5.81. The second-order valence-corrected chi connectivity index (χ2v) is 10.1. The van der Waals surface area contributed by atoms with Gasteiger partial charge in [0.2, 0.25) is 10.0 Å². The summed E-state index contributed by atoms with van der Waals surface area (Å²) in [6.07, 6.45) is 3.82. The lowest BCUT2D eigenvalue weighted by atomic mass is 10.1. The second kappa shape index (κ2) is 9.04. The summed E-state index contributed by atoms with van der Waals surface area (Å²) in [7, 11) is -3.64. The first kappa shape index (κ1) is 23.3. The predicted molar refractivity (Wildman–Crippen MR) is 117 cm³/mol. The number of aryl methyl sites for hydroxylation is 2. The Kier molecular flexibility index (Phi) is 6.80. The molecule has 1 amide bonds. The first-order valence-electron chi connectivity index (χ1n) is 10.8. The van der Waals surface area contributed by atoms with E-state index in [1.54, 1.807) is 35.8 Å². The zero-order valence-electron chi connectivity index (χ0n) is 19.2. The van der Waals surface area contributed by atoms with Crippen LogP contribution in [0.4, 0.5) is 0 Å². The normalized spacial score (nSPS) is 17.5. The van der Waals surface area contributed by atoms with Crippen LogP contribution >= 0.6 is 0 Å². The summed E-state index contributed by atoms with van der Waals surface area (Å²) < 4.78 is 29.6. The fourth-order valence-corrected chi connectivity index (χ4v) is 5.51. The molecule has 0 saturated carbocycles. The van der Waals surface area contributed by atoms with Gasteiger partial charge in [-0.3, -0.25) is 9.48 Å². The van der Waals surface area contributed by atoms with Gasteiger partial charge in [-0.1, -0.05) is 0 Å². The summed E-state index contributed by atoms with van der Waals surface area (Å²) in [6, 6.07) is 0.0860. The van der Waals surface area contributed by atoms with E-state index in [0.717, 1.165) is 0 Å². The Balaban J connectivity index is 1.79. The van der Waals surface area contributed by atoms with E-state index in [2.05, 4.69) is 15.1 Å². The van der Waals surface area contributed by atoms with Gasteiger partial charge in [-0.15, -0.1) is 0 Å². The molecule has 0 unspecified atom stereocenters. The molecular formula is C21H32N6O3S. The van der Waals surface area contributed by atoms with E-state index in [0.29, 0.717) is 55.4 Å². The molecule has 31 heavy (non-hydrogen) atoms. The average molecular weight is 449 g/mol. The van der Waals surface area contributed by atoms with Crippen LogP contribution in [0.1, 0.15) is 73.6 Å². The van der Waals surface area contributed by atoms with Crippen LogP contribution in [0.2, 0.25) is 0 Å². The van der Waals surface area contributed by atoms with Gasteiger partial charge in [0.1, 0.15) is 10.7 Å². The van der Waals surface area contributed by atoms with E-state index in [4.69, 9.17) is 0 Å². The quantitative estimate of drug-likeness (QED) is 0.645. The van der Waals surface area contributed by atoms with Crippen LogP contribution in [-0.4, -0.2) is 69.5 Å². The molecule has 3 heterocycles. The zero-order valence-corrected chi connectivity index (χ0v) is 20.0. The third-order valence-corrected chi connectivity index (χ3v) is 7.78. The van der Waals surface area contributed by atoms with Crippen LogP contribution < -0.4 is 0 Å². The minimum atomic E-state index is -3.64. The Morgan fingerprint density at radius 1 is 1.23 bits per heavy atom. The molecule has 0 aliphatic carbocycles. The average Bonchev–Trinajstić information content (AvgIpc) is 3.36. The first-order chi connectivity index (χ1) is 14.6. The number of carbonyl (C=O) groups is 1. The number of hydrogen-bond donors (Lipinski definition) is 0. The fourth-order valence-electron chi connectivity index (χ4n) is 3.85. The molecule has 2 aromatic heterocycles. The molecule has 1 aliphatic heterocycles. The standard InChI is InChI=1S/C21H32N6O3S/c1-7-25(8-2)21(28)18-11-22-20(23-15(18)5)17-9-10-26(12-17)31(29,30)19-13-27(14(3)4)24-16(19)6/h11,13-14,17H,7-10,12H2,1-6H3/t17-/m1/s1. The van der Waals surface area contributed by atoms with Crippen molar-refractivity contribution in [3.05, 3.63) is 35.2 Å². The van der Waals surface area contributed by atoms with Crippen LogP contribution in [-0.2, 0) is 10.0 Å². The molecule has 1 saturated heterocycles. The van der Waals surface area contributed by atoms with E-state index < -0.39 is 10.0 Å². The van der Waals surface area contributed by atoms with E-state index in [-0.39, 0.29) is 22.8 Å². The molecular weight excluding hydrogens is 416 g/mol. The largest absolute Gasteiger partial charge is 0.339 e. The predicted octanol–water partition coefficient (Wildman–Crippen LogP) is 2.53. The van der Waals surface area contributed by atoms with Crippen LogP contribution in [0, 0.1) is 13.8 Å². The molecule has 9 nitrogen and oxygen atoms in total. The first-order valence-corrected chi connectivity index (χ1v) is 12.2. The highest BCUT2D eigenvalue weighted by Crippen LogP contribution is 2.31. The maximum Gasteiger partial charge on any atom is 0.257 e. The van der Waals surface area contributed by atoms with Crippen LogP contribution in [0.3, 0.4) is 0 Å². The van der Waals surface area contributed by atoms with Gasteiger partial charge >= 0.3 is 0 Å². The molecule has 3 rings (SSSR count). The van der Waals surface area contributed by atoms with Gasteiger partial charge in [-0.05, 0) is 48.0 Å². The van der Waals surface area contributed by atoms with Crippen molar-refractivity contribution in [2.75, 3.05) is 26.2 Å². The van der Waals surface area contributed by atoms with Gasteiger partial charge < -0.3 is 4.90 Å². The van der Waals surface area contributed by atoms with Crippen molar-refractivity contribution >= 4 is 15.9 Å². The molecule has 170 valence electrons. The Morgan fingerprint density at radius 3 is 2.45 bits per heavy atom. The number of rotatable bonds is 7. The number of amides is 1. The number of nitrogens with zero attached hydrogens (tertiary/aromatic N) is 6. The lowest BCUT2D eigenvalue weighted by molar-refractivity contribution is 0.0771. The van der Waals surface area contributed by atoms with Crippen molar-refractivity contribution in [3.8, 4) is 0 Å². The molecule has 1 aliphatic rings. The van der Waals surface area contributed by atoms with Gasteiger partial charge in [0.05, 0.1) is 17.0 Å². The van der Waals surface area contributed by atoms with E-state index in [1.807, 2.05) is 27.7 Å². The summed E-state index contributed by atoms with van der Waals surface area (Å²) in [6.45, 7) is 13.3. The summed E-state index contributed by atoms with van der Waals surface area (Å²) in [4.78, 5) is 23.6. The SMILES string of the molecule is CCN(CC)C(=O)c1cnc([C@@H]2CCN(S(=O)(=O)c3cn(C(C)C)nc3C)C2)nc1C. The molecule has 1 atom stereocenters. The van der Waals surface area contributed by atoms with E-state index in [9.17, 15) is 13.2 Å². The topological polar surface area (TPSA) is 101 Å². The number of carbonyl (C=O) groups excluding carboxylic acids is 1. The van der Waals surface area contributed by atoms with Crippen LogP contribution in [0.5, 0.6) is 0 Å². The third kappa shape index (κ3) is 4.50. The molecule has 2 aromatic rings. The monoisotopic (exact) mass is 448 g/mol. The van der Waals surface area contributed by atoms with E-state index in [1.165, 1.54) is 4.31 Å². The highest BCUT2D eigenvalue weighted by molar-refractivity contribution is 7.89. The maximum atomic E-state index is 13.2. The van der Waals surface area contributed by atoms with Gasteiger partial charge in [0.25, 0.3) is 5.91 Å². The van der Waals surface area contributed by atoms with Crippen molar-refractivity contribution in [1.82, 2.24) is 29.0 Å². The summed E-state index contributed by atoms with van der Waals surface area (Å²) in [5, 5.41) is 4.34. The Labute approximate surface area is 184 Å². The zero-order chi connectivity index (χ0) is 22.9. The molecule has 0 bridgehead atoms. The van der Waals surface area contributed by atoms with Crippen molar-refractivity contribution < 1.29 is 13.2 Å². The second-order valence-electron chi connectivity index (χ2n) is 8.21. The van der Waals surface area contributed by atoms with Gasteiger partial charge in [-0.2, -0.15) is 9.40 Å². The number of hydrogen-bond acceptors (Lipinski definition) is 6. The Bertz CT molecular complexity index is 1060. The van der Waals surface area contributed by atoms with Crippen molar-refractivity contribution in [2.24, 2.45) is 0 Å². The maximum absolute atomic E-state index is 13.2.